The van der Waals surface area contributed by atoms with Crippen molar-refractivity contribution in [3.05, 3.63) is 46.4 Å². The summed E-state index contributed by atoms with van der Waals surface area (Å²) in [6.45, 7) is 0. The molecule has 1 aromatic heterocycles. The van der Waals surface area contributed by atoms with Crippen molar-refractivity contribution in [2.24, 2.45) is 0 Å². The number of carbonyl (C=O) groups excluding carboxylic acids is 1. The molecule has 0 saturated carbocycles. The van der Waals surface area contributed by atoms with E-state index in [1.165, 1.54) is 23.5 Å². The van der Waals surface area contributed by atoms with Crippen LogP contribution in [0.15, 0.2) is 35.0 Å². The SMILES string of the molecule is O=Cc1cscc1-c1cccc(F)c1. The lowest BCUT2D eigenvalue weighted by molar-refractivity contribution is 0.112. The van der Waals surface area contributed by atoms with Gasteiger partial charge in [-0.15, -0.1) is 0 Å². The summed E-state index contributed by atoms with van der Waals surface area (Å²) in [6.07, 6.45) is 0.788. The third-order valence-electron chi connectivity index (χ3n) is 1.95. The first-order valence-corrected chi connectivity index (χ1v) is 5.03. The van der Waals surface area contributed by atoms with Crippen LogP contribution in [0.2, 0.25) is 0 Å². The zero-order valence-corrected chi connectivity index (χ0v) is 8.05. The van der Waals surface area contributed by atoms with Crippen LogP contribution in [0.5, 0.6) is 0 Å². The van der Waals surface area contributed by atoms with E-state index in [2.05, 4.69) is 0 Å². The van der Waals surface area contributed by atoms with E-state index < -0.39 is 0 Å². The van der Waals surface area contributed by atoms with Gasteiger partial charge in [0.2, 0.25) is 0 Å². The van der Waals surface area contributed by atoms with E-state index in [0.29, 0.717) is 5.56 Å². The van der Waals surface area contributed by atoms with Gasteiger partial charge in [0.05, 0.1) is 0 Å². The molecule has 0 N–H and O–H groups in total. The van der Waals surface area contributed by atoms with Gasteiger partial charge in [-0.3, -0.25) is 4.79 Å². The number of carbonyl (C=O) groups is 1. The maximum atomic E-state index is 12.9. The van der Waals surface area contributed by atoms with Crippen molar-refractivity contribution in [1.82, 2.24) is 0 Å². The Labute approximate surface area is 84.8 Å². The quantitative estimate of drug-likeness (QED) is 0.688. The molecule has 14 heavy (non-hydrogen) atoms. The lowest BCUT2D eigenvalue weighted by Crippen LogP contribution is -1.82. The van der Waals surface area contributed by atoms with Gasteiger partial charge in [0.1, 0.15) is 5.82 Å². The third-order valence-corrected chi connectivity index (χ3v) is 2.72. The summed E-state index contributed by atoms with van der Waals surface area (Å²) in [5.74, 6) is -0.287. The van der Waals surface area contributed by atoms with Crippen LogP contribution >= 0.6 is 11.3 Å². The second-order valence-electron chi connectivity index (χ2n) is 2.87. The summed E-state index contributed by atoms with van der Waals surface area (Å²) < 4.78 is 12.9. The van der Waals surface area contributed by atoms with Crippen molar-refractivity contribution >= 4 is 17.6 Å². The van der Waals surface area contributed by atoms with Crippen LogP contribution in [0.3, 0.4) is 0 Å². The molecular weight excluding hydrogens is 199 g/mol. The fraction of sp³-hybridized carbons (Fsp3) is 0. The molecule has 1 nitrogen and oxygen atoms in total. The molecule has 0 atom stereocenters. The minimum absolute atomic E-state index is 0.287. The van der Waals surface area contributed by atoms with E-state index in [0.717, 1.165) is 17.4 Å². The molecule has 3 heteroatoms. The number of hydrogen-bond acceptors (Lipinski definition) is 2. The molecule has 2 rings (SSSR count). The average molecular weight is 206 g/mol. The fourth-order valence-electron chi connectivity index (χ4n) is 1.29. The molecule has 0 aliphatic rings. The molecule has 1 aromatic carbocycles. The highest BCUT2D eigenvalue weighted by molar-refractivity contribution is 7.08. The maximum Gasteiger partial charge on any atom is 0.151 e. The summed E-state index contributed by atoms with van der Waals surface area (Å²) in [5, 5.41) is 3.60. The number of halogens is 1. The Morgan fingerprint density at radius 3 is 2.86 bits per heavy atom. The maximum absolute atomic E-state index is 12.9. The number of benzene rings is 1. The van der Waals surface area contributed by atoms with Gasteiger partial charge in [0, 0.05) is 16.5 Å². The van der Waals surface area contributed by atoms with E-state index in [1.807, 2.05) is 5.38 Å². The van der Waals surface area contributed by atoms with Gasteiger partial charge < -0.3 is 0 Å². The van der Waals surface area contributed by atoms with Gasteiger partial charge in [0.25, 0.3) is 0 Å². The van der Waals surface area contributed by atoms with Crippen molar-refractivity contribution in [3.8, 4) is 11.1 Å². The van der Waals surface area contributed by atoms with Gasteiger partial charge in [-0.05, 0) is 23.1 Å². The minimum atomic E-state index is -0.287. The molecule has 0 fully saturated rings. The molecule has 2 aromatic rings. The highest BCUT2D eigenvalue weighted by atomic mass is 32.1. The van der Waals surface area contributed by atoms with Crippen molar-refractivity contribution < 1.29 is 9.18 Å². The summed E-state index contributed by atoms with van der Waals surface area (Å²) in [5.41, 5.74) is 2.15. The monoisotopic (exact) mass is 206 g/mol. The Morgan fingerprint density at radius 1 is 1.29 bits per heavy atom. The smallest absolute Gasteiger partial charge is 0.151 e. The summed E-state index contributed by atoms with van der Waals surface area (Å²) in [7, 11) is 0. The molecule has 0 bridgehead atoms. The van der Waals surface area contributed by atoms with Gasteiger partial charge in [0.15, 0.2) is 6.29 Å². The van der Waals surface area contributed by atoms with E-state index in [-0.39, 0.29) is 5.82 Å². The van der Waals surface area contributed by atoms with E-state index in [9.17, 15) is 9.18 Å². The molecule has 0 saturated heterocycles. The second kappa shape index (κ2) is 3.72. The number of hydrogen-bond donors (Lipinski definition) is 0. The lowest BCUT2D eigenvalue weighted by Gasteiger charge is -1.98. The molecule has 0 aliphatic carbocycles. The van der Waals surface area contributed by atoms with E-state index >= 15 is 0 Å². The predicted octanol–water partition coefficient (Wildman–Crippen LogP) is 3.37. The first-order valence-electron chi connectivity index (χ1n) is 4.08. The van der Waals surface area contributed by atoms with Crippen molar-refractivity contribution in [2.45, 2.75) is 0 Å². The van der Waals surface area contributed by atoms with Gasteiger partial charge in [-0.2, -0.15) is 11.3 Å². The van der Waals surface area contributed by atoms with Crippen molar-refractivity contribution in [1.29, 1.82) is 0 Å². The minimum Gasteiger partial charge on any atom is -0.298 e. The summed E-state index contributed by atoms with van der Waals surface area (Å²) >= 11 is 1.44. The topological polar surface area (TPSA) is 17.1 Å². The first kappa shape index (κ1) is 9.09. The third kappa shape index (κ3) is 1.59. The number of aldehydes is 1. The average Bonchev–Trinajstić information content (AvgIpc) is 2.65. The number of rotatable bonds is 2. The number of thiophene rings is 1. The molecule has 1 heterocycles. The molecule has 0 amide bonds. The van der Waals surface area contributed by atoms with Crippen LogP contribution in [0.4, 0.5) is 4.39 Å². The second-order valence-corrected chi connectivity index (χ2v) is 3.61. The summed E-state index contributed by atoms with van der Waals surface area (Å²) in [6, 6.07) is 6.24. The fourth-order valence-corrected chi connectivity index (χ4v) is 2.09. The Hall–Kier alpha value is -1.48. The molecule has 0 spiro atoms. The standard InChI is InChI=1S/C11H7FOS/c12-10-3-1-2-8(4-10)11-7-14-6-9(11)5-13/h1-7H. The predicted molar refractivity (Wildman–Crippen MR) is 55.1 cm³/mol. The summed E-state index contributed by atoms with van der Waals surface area (Å²) in [4.78, 5) is 10.7. The lowest BCUT2D eigenvalue weighted by atomic mass is 10.1. The highest BCUT2D eigenvalue weighted by Crippen LogP contribution is 2.26. The van der Waals surface area contributed by atoms with Crippen LogP contribution in [0.25, 0.3) is 11.1 Å². The van der Waals surface area contributed by atoms with Crippen LogP contribution in [0, 0.1) is 5.82 Å². The molecule has 0 unspecified atom stereocenters. The van der Waals surface area contributed by atoms with Crippen LogP contribution < -0.4 is 0 Å². The normalized spacial score (nSPS) is 10.1. The Kier molecular flexibility index (Phi) is 2.41. The van der Waals surface area contributed by atoms with Gasteiger partial charge >= 0.3 is 0 Å². The van der Waals surface area contributed by atoms with E-state index in [1.54, 1.807) is 17.5 Å². The first-order chi connectivity index (χ1) is 6.81. The van der Waals surface area contributed by atoms with Crippen LogP contribution in [0.1, 0.15) is 10.4 Å². The van der Waals surface area contributed by atoms with Crippen molar-refractivity contribution in [2.75, 3.05) is 0 Å². The van der Waals surface area contributed by atoms with Crippen LogP contribution in [-0.2, 0) is 0 Å². The Balaban J connectivity index is 2.54. The van der Waals surface area contributed by atoms with Gasteiger partial charge in [-0.25, -0.2) is 4.39 Å². The molecule has 0 aliphatic heterocycles. The Bertz CT molecular complexity index is 462. The zero-order chi connectivity index (χ0) is 9.97. The van der Waals surface area contributed by atoms with Crippen LogP contribution in [-0.4, -0.2) is 6.29 Å². The molecule has 70 valence electrons. The van der Waals surface area contributed by atoms with Gasteiger partial charge in [-0.1, -0.05) is 12.1 Å². The largest absolute Gasteiger partial charge is 0.298 e. The highest BCUT2D eigenvalue weighted by Gasteiger charge is 2.05. The van der Waals surface area contributed by atoms with Crippen molar-refractivity contribution in [3.63, 3.8) is 0 Å². The zero-order valence-electron chi connectivity index (χ0n) is 7.24. The Morgan fingerprint density at radius 2 is 2.14 bits per heavy atom. The molecular formula is C11H7FOS. The van der Waals surface area contributed by atoms with E-state index in [4.69, 9.17) is 0 Å². The molecule has 0 radical (unpaired) electrons.